The number of nitrogens with two attached hydrogens (primary N) is 1. The van der Waals surface area contributed by atoms with Gasteiger partial charge in [-0.25, -0.2) is 0 Å². The third-order valence-electron chi connectivity index (χ3n) is 1.73. The highest BCUT2D eigenvalue weighted by Crippen LogP contribution is 2.23. The smallest absolute Gasteiger partial charge is 0.373 e. The summed E-state index contributed by atoms with van der Waals surface area (Å²) in [4.78, 5) is 16.2. The van der Waals surface area contributed by atoms with Crippen molar-refractivity contribution >= 4 is 6.15 Å². The Morgan fingerprint density at radius 1 is 1.58 bits per heavy atom. The van der Waals surface area contributed by atoms with Crippen LogP contribution in [0.5, 0.6) is 0 Å². The largest absolute Gasteiger partial charge is 0.399 e. The number of carbonyl (C=O) groups excluding carboxylic acids is 2. The van der Waals surface area contributed by atoms with Crippen LogP contribution in [0.4, 0.5) is 0 Å². The molecule has 0 unspecified atom stereocenters. The lowest BCUT2D eigenvalue weighted by Crippen LogP contribution is -1.93. The van der Waals surface area contributed by atoms with Gasteiger partial charge in [0.15, 0.2) is 0 Å². The standard InChI is InChI=1S/C8H13N.CO2/c1-3-7-4-6(2)5-8(7)9;2-1-3/h5H,3-4,9H2,1-2H3;. The van der Waals surface area contributed by atoms with Crippen molar-refractivity contribution in [3.05, 3.63) is 22.9 Å². The van der Waals surface area contributed by atoms with Gasteiger partial charge in [-0.15, -0.1) is 0 Å². The summed E-state index contributed by atoms with van der Waals surface area (Å²) in [5.74, 6) is 0. The van der Waals surface area contributed by atoms with Crippen molar-refractivity contribution in [1.82, 2.24) is 0 Å². The van der Waals surface area contributed by atoms with E-state index in [0.29, 0.717) is 0 Å². The maximum absolute atomic E-state index is 8.12. The highest BCUT2D eigenvalue weighted by Gasteiger charge is 2.07. The molecule has 3 nitrogen and oxygen atoms in total. The number of hydrogen-bond acceptors (Lipinski definition) is 3. The average molecular weight is 167 g/mol. The van der Waals surface area contributed by atoms with Crippen molar-refractivity contribution in [1.29, 1.82) is 0 Å². The lowest BCUT2D eigenvalue weighted by atomic mass is 10.1. The van der Waals surface area contributed by atoms with E-state index in [2.05, 4.69) is 19.9 Å². The van der Waals surface area contributed by atoms with E-state index >= 15 is 0 Å². The number of rotatable bonds is 1. The predicted molar refractivity (Wildman–Crippen MR) is 44.9 cm³/mol. The molecule has 1 aliphatic rings. The first-order valence-corrected chi connectivity index (χ1v) is 3.79. The normalized spacial score (nSPS) is 14.7. The molecule has 0 aromatic rings. The van der Waals surface area contributed by atoms with Crippen molar-refractivity contribution < 1.29 is 9.59 Å². The van der Waals surface area contributed by atoms with E-state index in [1.807, 2.05) is 0 Å². The molecule has 1 rings (SSSR count). The SMILES string of the molecule is CCC1=C(N)C=C(C)C1.O=C=O. The summed E-state index contributed by atoms with van der Waals surface area (Å²) in [6.07, 6.45) is 4.51. The average Bonchev–Trinajstić information content (AvgIpc) is 2.31. The van der Waals surface area contributed by atoms with Crippen LogP contribution in [0, 0.1) is 0 Å². The van der Waals surface area contributed by atoms with Crippen molar-refractivity contribution in [2.24, 2.45) is 5.73 Å². The monoisotopic (exact) mass is 167 g/mol. The van der Waals surface area contributed by atoms with Gasteiger partial charge >= 0.3 is 6.15 Å². The maximum atomic E-state index is 8.12. The van der Waals surface area contributed by atoms with Crippen LogP contribution in [0.25, 0.3) is 0 Å². The van der Waals surface area contributed by atoms with Gasteiger partial charge in [-0.3, -0.25) is 0 Å². The topological polar surface area (TPSA) is 60.2 Å². The van der Waals surface area contributed by atoms with Crippen LogP contribution in [0.3, 0.4) is 0 Å². The van der Waals surface area contributed by atoms with E-state index < -0.39 is 0 Å². The van der Waals surface area contributed by atoms with Gasteiger partial charge in [0, 0.05) is 5.70 Å². The second-order valence-corrected chi connectivity index (χ2v) is 2.66. The van der Waals surface area contributed by atoms with Crippen LogP contribution in [0.1, 0.15) is 26.7 Å². The van der Waals surface area contributed by atoms with E-state index in [1.165, 1.54) is 11.1 Å². The molecule has 66 valence electrons. The summed E-state index contributed by atoms with van der Waals surface area (Å²) in [7, 11) is 0. The van der Waals surface area contributed by atoms with Gasteiger partial charge in [-0.2, -0.15) is 9.59 Å². The lowest BCUT2D eigenvalue weighted by molar-refractivity contribution is -0.191. The van der Waals surface area contributed by atoms with Crippen LogP contribution in [0.15, 0.2) is 22.9 Å². The van der Waals surface area contributed by atoms with Crippen LogP contribution in [-0.2, 0) is 9.59 Å². The molecule has 3 heteroatoms. The molecule has 0 saturated carbocycles. The maximum Gasteiger partial charge on any atom is 0.373 e. The van der Waals surface area contributed by atoms with Gasteiger partial charge in [-0.05, 0) is 31.4 Å². The van der Waals surface area contributed by atoms with Gasteiger partial charge in [0.25, 0.3) is 0 Å². The zero-order chi connectivity index (χ0) is 9.56. The van der Waals surface area contributed by atoms with E-state index in [4.69, 9.17) is 15.3 Å². The molecule has 1 aliphatic carbocycles. The zero-order valence-corrected chi connectivity index (χ0v) is 7.39. The summed E-state index contributed by atoms with van der Waals surface area (Å²) in [6.45, 7) is 4.27. The molecule has 2 N–H and O–H groups in total. The molecule has 0 fully saturated rings. The van der Waals surface area contributed by atoms with Gasteiger partial charge < -0.3 is 5.73 Å². The Hall–Kier alpha value is -1.34. The molecule has 0 spiro atoms. The van der Waals surface area contributed by atoms with Gasteiger partial charge in [-0.1, -0.05) is 12.5 Å². The fraction of sp³-hybridized carbons (Fsp3) is 0.444. The Morgan fingerprint density at radius 2 is 2.08 bits per heavy atom. The minimum absolute atomic E-state index is 0.250. The molecule has 0 bridgehead atoms. The Morgan fingerprint density at radius 3 is 2.25 bits per heavy atom. The molecule has 0 heterocycles. The van der Waals surface area contributed by atoms with E-state index in [1.54, 1.807) is 0 Å². The van der Waals surface area contributed by atoms with Gasteiger partial charge in [0.05, 0.1) is 0 Å². The number of allylic oxidation sites excluding steroid dienone is 3. The van der Waals surface area contributed by atoms with Crippen molar-refractivity contribution in [2.75, 3.05) is 0 Å². The Balaban J connectivity index is 0.000000354. The molecule has 0 saturated heterocycles. The van der Waals surface area contributed by atoms with Crippen LogP contribution < -0.4 is 5.73 Å². The second kappa shape index (κ2) is 5.33. The molecule has 0 radical (unpaired) electrons. The summed E-state index contributed by atoms with van der Waals surface area (Å²) < 4.78 is 0. The van der Waals surface area contributed by atoms with Gasteiger partial charge in [0.2, 0.25) is 0 Å². The minimum Gasteiger partial charge on any atom is -0.399 e. The molecule has 0 aromatic heterocycles. The van der Waals surface area contributed by atoms with Crippen molar-refractivity contribution in [3.63, 3.8) is 0 Å². The first kappa shape index (κ1) is 10.7. The van der Waals surface area contributed by atoms with Crippen molar-refractivity contribution in [2.45, 2.75) is 26.7 Å². The summed E-state index contributed by atoms with van der Waals surface area (Å²) in [5, 5.41) is 0. The van der Waals surface area contributed by atoms with Gasteiger partial charge in [0.1, 0.15) is 0 Å². The molecule has 0 aromatic carbocycles. The summed E-state index contributed by atoms with van der Waals surface area (Å²) >= 11 is 0. The fourth-order valence-corrected chi connectivity index (χ4v) is 1.19. The quantitative estimate of drug-likeness (QED) is 0.641. The Bertz CT molecular complexity index is 245. The molecular weight excluding hydrogens is 154 g/mol. The van der Waals surface area contributed by atoms with Crippen LogP contribution in [0.2, 0.25) is 0 Å². The first-order valence-electron chi connectivity index (χ1n) is 3.79. The summed E-state index contributed by atoms with van der Waals surface area (Å²) in [6, 6.07) is 0. The van der Waals surface area contributed by atoms with Crippen LogP contribution in [-0.4, -0.2) is 6.15 Å². The van der Waals surface area contributed by atoms with E-state index in [9.17, 15) is 0 Å². The van der Waals surface area contributed by atoms with E-state index in [0.717, 1.165) is 18.5 Å². The molecule has 0 atom stereocenters. The summed E-state index contributed by atoms with van der Waals surface area (Å²) in [5.41, 5.74) is 9.47. The van der Waals surface area contributed by atoms with Crippen molar-refractivity contribution in [3.8, 4) is 0 Å². The lowest BCUT2D eigenvalue weighted by Gasteiger charge is -1.96. The number of hydrogen-bond donors (Lipinski definition) is 1. The first-order chi connectivity index (χ1) is 5.65. The zero-order valence-electron chi connectivity index (χ0n) is 7.39. The predicted octanol–water partition coefficient (Wildman–Crippen LogP) is 1.38. The third-order valence-corrected chi connectivity index (χ3v) is 1.73. The Kier molecular flexibility index (Phi) is 4.73. The fourth-order valence-electron chi connectivity index (χ4n) is 1.19. The second-order valence-electron chi connectivity index (χ2n) is 2.66. The molecular formula is C9H13NO2. The molecule has 0 amide bonds. The third kappa shape index (κ3) is 3.17. The van der Waals surface area contributed by atoms with E-state index in [-0.39, 0.29) is 6.15 Å². The van der Waals surface area contributed by atoms with Crippen LogP contribution >= 0.6 is 0 Å². The highest BCUT2D eigenvalue weighted by molar-refractivity contribution is 5.35. The highest BCUT2D eigenvalue weighted by atomic mass is 16.2. The molecule has 0 aliphatic heterocycles. The Labute approximate surface area is 71.9 Å². The minimum atomic E-state index is 0.250. The molecule has 12 heavy (non-hydrogen) atoms.